The lowest BCUT2D eigenvalue weighted by atomic mass is 9.99. The molecule has 0 bridgehead atoms. The second-order valence-corrected chi connectivity index (χ2v) is 9.26. The predicted octanol–water partition coefficient (Wildman–Crippen LogP) is 1.72. The van der Waals surface area contributed by atoms with Crippen LogP contribution in [0.1, 0.15) is 17.2 Å². The van der Waals surface area contributed by atoms with Crippen molar-refractivity contribution in [3.8, 4) is 0 Å². The average molecular weight is 432 g/mol. The Morgan fingerprint density at radius 3 is 2.63 bits per heavy atom. The average Bonchev–Trinajstić information content (AvgIpc) is 2.82. The molecule has 2 atom stereocenters. The van der Waals surface area contributed by atoms with Crippen LogP contribution in [-0.4, -0.2) is 70.4 Å². The van der Waals surface area contributed by atoms with Gasteiger partial charge in [-0.2, -0.15) is 0 Å². The van der Waals surface area contributed by atoms with E-state index in [1.165, 1.54) is 4.31 Å². The standard InChI is InChI=1S/C21H24N2O6S/c1-22-17-8-4-2-6-15(17)20(16-7-3-5-9-19(16)30(22,26)27)29-13-11-23-10-12-28-18(14-23)21(24)25/h2-9,18,20H,10-14H2,1H3,(H,24,25). The lowest BCUT2D eigenvalue weighted by Crippen LogP contribution is -2.47. The van der Waals surface area contributed by atoms with Crippen molar-refractivity contribution in [1.29, 1.82) is 0 Å². The van der Waals surface area contributed by atoms with Gasteiger partial charge in [0.15, 0.2) is 6.10 Å². The monoisotopic (exact) mass is 432 g/mol. The van der Waals surface area contributed by atoms with Gasteiger partial charge in [-0.1, -0.05) is 36.4 Å². The number of hydrogen-bond donors (Lipinski definition) is 1. The minimum absolute atomic E-state index is 0.228. The molecule has 0 radical (unpaired) electrons. The lowest BCUT2D eigenvalue weighted by molar-refractivity contribution is -0.156. The van der Waals surface area contributed by atoms with E-state index in [1.807, 2.05) is 17.0 Å². The van der Waals surface area contributed by atoms with Crippen molar-refractivity contribution in [3.05, 3.63) is 59.7 Å². The Bertz CT molecular complexity index is 1040. The van der Waals surface area contributed by atoms with Crippen LogP contribution in [0, 0.1) is 0 Å². The van der Waals surface area contributed by atoms with Crippen LogP contribution in [0.5, 0.6) is 0 Å². The number of benzene rings is 2. The van der Waals surface area contributed by atoms with Crippen LogP contribution in [-0.2, 0) is 24.3 Å². The van der Waals surface area contributed by atoms with Gasteiger partial charge >= 0.3 is 5.97 Å². The lowest BCUT2D eigenvalue weighted by Gasteiger charge is -2.31. The highest BCUT2D eigenvalue weighted by Gasteiger charge is 2.35. The second-order valence-electron chi connectivity index (χ2n) is 7.32. The second kappa shape index (κ2) is 8.35. The van der Waals surface area contributed by atoms with Crippen molar-refractivity contribution in [3.63, 3.8) is 0 Å². The van der Waals surface area contributed by atoms with Gasteiger partial charge in [-0.25, -0.2) is 13.2 Å². The van der Waals surface area contributed by atoms with Crippen molar-refractivity contribution in [2.75, 3.05) is 44.2 Å². The van der Waals surface area contributed by atoms with Crippen LogP contribution in [0.25, 0.3) is 0 Å². The third kappa shape index (κ3) is 3.81. The minimum atomic E-state index is -3.70. The van der Waals surface area contributed by atoms with E-state index < -0.39 is 28.2 Å². The highest BCUT2D eigenvalue weighted by atomic mass is 32.2. The molecule has 30 heavy (non-hydrogen) atoms. The number of carboxylic acid groups (broad SMARTS) is 1. The summed E-state index contributed by atoms with van der Waals surface area (Å²) in [7, 11) is -2.16. The molecule has 0 spiro atoms. The van der Waals surface area contributed by atoms with Gasteiger partial charge in [-0.15, -0.1) is 0 Å². The summed E-state index contributed by atoms with van der Waals surface area (Å²) in [5, 5.41) is 9.16. The maximum atomic E-state index is 13.1. The molecular formula is C21H24N2O6S. The number of nitrogens with zero attached hydrogens (tertiary/aromatic N) is 2. The number of ether oxygens (including phenoxy) is 2. The Balaban J connectivity index is 1.60. The van der Waals surface area contributed by atoms with Crippen LogP contribution in [0.2, 0.25) is 0 Å². The van der Waals surface area contributed by atoms with Gasteiger partial charge in [0.1, 0.15) is 6.10 Å². The molecule has 2 aromatic rings. The third-order valence-electron chi connectivity index (χ3n) is 5.52. The predicted molar refractivity (Wildman–Crippen MR) is 110 cm³/mol. The summed E-state index contributed by atoms with van der Waals surface area (Å²) in [6.45, 7) is 2.13. The largest absolute Gasteiger partial charge is 0.479 e. The molecule has 2 unspecified atom stereocenters. The van der Waals surface area contributed by atoms with Crippen LogP contribution in [0.4, 0.5) is 5.69 Å². The first-order valence-corrected chi connectivity index (χ1v) is 11.2. The highest BCUT2D eigenvalue weighted by Crippen LogP contribution is 2.41. The number of aliphatic carboxylic acids is 1. The summed E-state index contributed by atoms with van der Waals surface area (Å²) in [6.07, 6.45) is -1.38. The molecule has 1 saturated heterocycles. The van der Waals surface area contributed by atoms with E-state index in [1.54, 1.807) is 43.4 Å². The van der Waals surface area contributed by atoms with E-state index in [0.29, 0.717) is 44.1 Å². The number of carboxylic acids is 1. The SMILES string of the molecule is CN1c2ccccc2C(OCCN2CCOC(C(=O)O)C2)c2ccccc2S1(=O)=O. The van der Waals surface area contributed by atoms with Gasteiger partial charge in [0.05, 0.1) is 23.8 Å². The summed E-state index contributed by atoms with van der Waals surface area (Å²) < 4.78 is 39.1. The van der Waals surface area contributed by atoms with Crippen molar-refractivity contribution < 1.29 is 27.8 Å². The first-order valence-electron chi connectivity index (χ1n) is 9.74. The molecule has 0 aliphatic carbocycles. The van der Waals surface area contributed by atoms with Gasteiger partial charge < -0.3 is 14.6 Å². The number of para-hydroxylation sites is 1. The first-order chi connectivity index (χ1) is 14.4. The molecule has 1 fully saturated rings. The quantitative estimate of drug-likeness (QED) is 0.768. The molecule has 2 heterocycles. The Morgan fingerprint density at radius 1 is 1.17 bits per heavy atom. The van der Waals surface area contributed by atoms with Crippen LogP contribution in [0.15, 0.2) is 53.4 Å². The maximum Gasteiger partial charge on any atom is 0.334 e. The molecule has 2 aliphatic heterocycles. The fraction of sp³-hybridized carbons (Fsp3) is 0.381. The van der Waals surface area contributed by atoms with Gasteiger partial charge in [0.2, 0.25) is 0 Å². The van der Waals surface area contributed by atoms with Crippen molar-refractivity contribution >= 4 is 21.7 Å². The van der Waals surface area contributed by atoms with E-state index in [4.69, 9.17) is 14.6 Å². The molecule has 0 amide bonds. The number of morpholine rings is 1. The fourth-order valence-electron chi connectivity index (χ4n) is 3.91. The summed E-state index contributed by atoms with van der Waals surface area (Å²) in [5.41, 5.74) is 1.95. The van der Waals surface area contributed by atoms with E-state index >= 15 is 0 Å². The van der Waals surface area contributed by atoms with Crippen molar-refractivity contribution in [2.45, 2.75) is 17.1 Å². The van der Waals surface area contributed by atoms with Gasteiger partial charge in [0, 0.05) is 37.8 Å². The zero-order valence-corrected chi connectivity index (χ0v) is 17.4. The highest BCUT2D eigenvalue weighted by molar-refractivity contribution is 7.92. The number of hydrogen-bond acceptors (Lipinski definition) is 6. The molecule has 2 aliphatic rings. The van der Waals surface area contributed by atoms with Crippen LogP contribution < -0.4 is 4.31 Å². The third-order valence-corrected chi connectivity index (χ3v) is 7.36. The van der Waals surface area contributed by atoms with E-state index in [2.05, 4.69) is 0 Å². The number of fused-ring (bicyclic) bond motifs is 2. The molecule has 2 aromatic carbocycles. The molecule has 0 saturated carbocycles. The molecule has 1 N–H and O–H groups in total. The van der Waals surface area contributed by atoms with Crippen molar-refractivity contribution in [2.24, 2.45) is 0 Å². The summed E-state index contributed by atoms with van der Waals surface area (Å²) >= 11 is 0. The number of rotatable bonds is 5. The Labute approximate surface area is 175 Å². The first kappa shape index (κ1) is 20.8. The zero-order chi connectivity index (χ0) is 21.3. The zero-order valence-electron chi connectivity index (χ0n) is 16.6. The molecule has 160 valence electrons. The molecular weight excluding hydrogens is 408 g/mol. The summed E-state index contributed by atoms with van der Waals surface area (Å²) in [6, 6.07) is 14.2. The van der Waals surface area contributed by atoms with Gasteiger partial charge in [-0.3, -0.25) is 9.21 Å². The summed E-state index contributed by atoms with van der Waals surface area (Å²) in [4.78, 5) is 13.4. The Kier molecular flexibility index (Phi) is 5.79. The molecule has 0 aromatic heterocycles. The Morgan fingerprint density at radius 2 is 1.87 bits per heavy atom. The van der Waals surface area contributed by atoms with E-state index in [-0.39, 0.29) is 4.90 Å². The van der Waals surface area contributed by atoms with Crippen LogP contribution in [0.3, 0.4) is 0 Å². The van der Waals surface area contributed by atoms with Gasteiger partial charge in [-0.05, 0) is 12.1 Å². The summed E-state index contributed by atoms with van der Waals surface area (Å²) in [5.74, 6) is -0.972. The minimum Gasteiger partial charge on any atom is -0.479 e. The maximum absolute atomic E-state index is 13.1. The van der Waals surface area contributed by atoms with E-state index in [9.17, 15) is 13.2 Å². The molecule has 9 heteroatoms. The van der Waals surface area contributed by atoms with Crippen LogP contribution >= 0.6 is 0 Å². The normalized spacial score (nSPS) is 23.3. The Hall–Kier alpha value is -2.46. The number of carbonyl (C=O) groups is 1. The van der Waals surface area contributed by atoms with E-state index in [0.717, 1.165) is 5.56 Å². The van der Waals surface area contributed by atoms with Gasteiger partial charge in [0.25, 0.3) is 10.0 Å². The topological polar surface area (TPSA) is 96.4 Å². The molecule has 8 nitrogen and oxygen atoms in total. The number of sulfonamides is 1. The number of anilines is 1. The molecule has 4 rings (SSSR count). The van der Waals surface area contributed by atoms with Crippen molar-refractivity contribution in [1.82, 2.24) is 4.90 Å². The fourth-order valence-corrected chi connectivity index (χ4v) is 5.35. The smallest absolute Gasteiger partial charge is 0.334 e.